The van der Waals surface area contributed by atoms with E-state index in [1.54, 1.807) is 14.2 Å². The molecule has 130 valence electrons. The van der Waals surface area contributed by atoms with Gasteiger partial charge >= 0.3 is 0 Å². The largest absolute Gasteiger partial charge is 0.493 e. The molecule has 0 atom stereocenters. The lowest BCUT2D eigenvalue weighted by molar-refractivity contribution is 0.143. The number of aryl methyl sites for hydroxylation is 1. The van der Waals surface area contributed by atoms with E-state index in [1.807, 2.05) is 12.1 Å². The Labute approximate surface area is 140 Å². The highest BCUT2D eigenvalue weighted by molar-refractivity contribution is 5.62. The molecule has 1 aliphatic heterocycles. The smallest absolute Gasteiger partial charge is 0.183 e. The van der Waals surface area contributed by atoms with Gasteiger partial charge in [0.1, 0.15) is 0 Å². The summed E-state index contributed by atoms with van der Waals surface area (Å²) in [5, 5.41) is 0. The zero-order valence-corrected chi connectivity index (χ0v) is 15.0. The molecule has 5 heteroatoms. The highest BCUT2D eigenvalue weighted by Crippen LogP contribution is 2.34. The molecule has 5 nitrogen and oxygen atoms in total. The number of benzene rings is 1. The average Bonchev–Trinajstić information content (AvgIpc) is 2.54. The Hall–Kier alpha value is -1.46. The van der Waals surface area contributed by atoms with Gasteiger partial charge in [-0.15, -0.1) is 0 Å². The predicted molar refractivity (Wildman–Crippen MR) is 95.4 cm³/mol. The summed E-state index contributed by atoms with van der Waals surface area (Å²) in [6.07, 6.45) is 4.67. The van der Waals surface area contributed by atoms with Gasteiger partial charge in [-0.25, -0.2) is 0 Å². The highest BCUT2D eigenvalue weighted by Gasteiger charge is 2.20. The van der Waals surface area contributed by atoms with Crippen molar-refractivity contribution in [2.24, 2.45) is 0 Å². The Bertz CT molecular complexity index is 499. The molecule has 0 saturated carbocycles. The van der Waals surface area contributed by atoms with E-state index in [0.717, 1.165) is 25.4 Å². The van der Waals surface area contributed by atoms with Crippen LogP contribution in [0, 0.1) is 0 Å². The van der Waals surface area contributed by atoms with Crippen molar-refractivity contribution in [3.05, 3.63) is 17.7 Å². The van der Waals surface area contributed by atoms with E-state index in [2.05, 4.69) is 23.9 Å². The molecule has 1 aliphatic rings. The summed E-state index contributed by atoms with van der Waals surface area (Å²) in [6.45, 7) is 3.53. The molecule has 0 aromatic heterocycles. The van der Waals surface area contributed by atoms with Crippen LogP contribution in [0.15, 0.2) is 12.1 Å². The van der Waals surface area contributed by atoms with E-state index in [1.165, 1.54) is 31.5 Å². The number of hydrogen-bond acceptors (Lipinski definition) is 5. The second-order valence-corrected chi connectivity index (χ2v) is 6.54. The fourth-order valence-corrected chi connectivity index (χ4v) is 3.35. The first-order valence-electron chi connectivity index (χ1n) is 8.44. The molecule has 0 radical (unpaired) electrons. The molecule has 1 heterocycles. The van der Waals surface area contributed by atoms with Crippen LogP contribution in [0.3, 0.4) is 0 Å². The summed E-state index contributed by atoms with van der Waals surface area (Å²) in [6, 6.07) is 4.75. The Morgan fingerprint density at radius 2 is 1.91 bits per heavy atom. The summed E-state index contributed by atoms with van der Waals surface area (Å²) in [5.41, 5.74) is 7.90. The SMILES string of the molecule is COc1cc(CCCN(C)C2CCN(C)CC2)cc(N)c1OC. The van der Waals surface area contributed by atoms with Gasteiger partial charge in [-0.2, -0.15) is 0 Å². The standard InChI is InChI=1S/C18H31N3O2/c1-20-10-7-15(8-11-20)21(2)9-5-6-14-12-16(19)18(23-4)17(13-14)22-3/h12-13,15H,5-11,19H2,1-4H3. The molecule has 2 rings (SSSR count). The number of hydrogen-bond donors (Lipinski definition) is 1. The fraction of sp³-hybridized carbons (Fsp3) is 0.667. The fourth-order valence-electron chi connectivity index (χ4n) is 3.35. The van der Waals surface area contributed by atoms with Gasteiger partial charge in [0.25, 0.3) is 0 Å². The summed E-state index contributed by atoms with van der Waals surface area (Å²) in [5.74, 6) is 1.34. The van der Waals surface area contributed by atoms with Crippen LogP contribution in [0.2, 0.25) is 0 Å². The number of nitrogens with zero attached hydrogens (tertiary/aromatic N) is 2. The van der Waals surface area contributed by atoms with Gasteiger partial charge in [0.2, 0.25) is 0 Å². The van der Waals surface area contributed by atoms with Crippen LogP contribution in [0.5, 0.6) is 11.5 Å². The minimum absolute atomic E-state index is 0.625. The summed E-state index contributed by atoms with van der Waals surface area (Å²) >= 11 is 0. The zero-order valence-electron chi connectivity index (χ0n) is 15.0. The van der Waals surface area contributed by atoms with Crippen molar-refractivity contribution in [2.75, 3.05) is 53.7 Å². The number of nitrogens with two attached hydrogens (primary N) is 1. The second-order valence-electron chi connectivity index (χ2n) is 6.54. The van der Waals surface area contributed by atoms with Gasteiger partial charge in [-0.1, -0.05) is 0 Å². The molecule has 0 unspecified atom stereocenters. The Balaban J connectivity index is 1.85. The molecule has 1 aromatic carbocycles. The number of anilines is 1. The molecule has 23 heavy (non-hydrogen) atoms. The lowest BCUT2D eigenvalue weighted by atomic mass is 10.0. The molecule has 0 spiro atoms. The Morgan fingerprint density at radius 1 is 1.22 bits per heavy atom. The normalized spacial score (nSPS) is 16.7. The van der Waals surface area contributed by atoms with Gasteiger partial charge in [-0.05, 0) is 77.1 Å². The van der Waals surface area contributed by atoms with Crippen molar-refractivity contribution in [1.29, 1.82) is 0 Å². The number of methoxy groups -OCH3 is 2. The molecule has 0 bridgehead atoms. The maximum atomic E-state index is 6.05. The molecule has 0 amide bonds. The van der Waals surface area contributed by atoms with Crippen LogP contribution in [0.25, 0.3) is 0 Å². The Kier molecular flexibility index (Phi) is 6.54. The quantitative estimate of drug-likeness (QED) is 0.781. The summed E-state index contributed by atoms with van der Waals surface area (Å²) in [7, 11) is 7.72. The van der Waals surface area contributed by atoms with Crippen molar-refractivity contribution in [2.45, 2.75) is 31.7 Å². The van der Waals surface area contributed by atoms with Crippen molar-refractivity contribution in [3.63, 3.8) is 0 Å². The van der Waals surface area contributed by atoms with Crippen molar-refractivity contribution < 1.29 is 9.47 Å². The van der Waals surface area contributed by atoms with Crippen LogP contribution in [0.1, 0.15) is 24.8 Å². The maximum absolute atomic E-state index is 6.05. The molecule has 1 aromatic rings. The first-order chi connectivity index (χ1) is 11.0. The van der Waals surface area contributed by atoms with Crippen molar-refractivity contribution >= 4 is 5.69 Å². The molecule has 1 saturated heterocycles. The van der Waals surface area contributed by atoms with E-state index in [9.17, 15) is 0 Å². The first kappa shape index (κ1) is 17.9. The molecule has 2 N–H and O–H groups in total. The maximum Gasteiger partial charge on any atom is 0.183 e. The first-order valence-corrected chi connectivity index (χ1v) is 8.44. The van der Waals surface area contributed by atoms with E-state index in [-0.39, 0.29) is 0 Å². The topological polar surface area (TPSA) is 51.0 Å². The minimum atomic E-state index is 0.625. The number of piperidine rings is 1. The Morgan fingerprint density at radius 3 is 2.52 bits per heavy atom. The van der Waals surface area contributed by atoms with Crippen LogP contribution in [-0.2, 0) is 6.42 Å². The summed E-state index contributed by atoms with van der Waals surface area (Å²) in [4.78, 5) is 4.92. The summed E-state index contributed by atoms with van der Waals surface area (Å²) < 4.78 is 10.7. The third kappa shape index (κ3) is 4.75. The zero-order chi connectivity index (χ0) is 16.8. The molecular formula is C18H31N3O2. The average molecular weight is 321 g/mol. The van der Waals surface area contributed by atoms with E-state index < -0.39 is 0 Å². The lowest BCUT2D eigenvalue weighted by Crippen LogP contribution is -2.42. The van der Waals surface area contributed by atoms with Crippen LogP contribution < -0.4 is 15.2 Å². The molecular weight excluding hydrogens is 290 g/mol. The van der Waals surface area contributed by atoms with Crippen LogP contribution in [-0.4, -0.2) is 63.8 Å². The van der Waals surface area contributed by atoms with E-state index in [0.29, 0.717) is 17.2 Å². The number of rotatable bonds is 7. The van der Waals surface area contributed by atoms with Crippen LogP contribution in [0.4, 0.5) is 5.69 Å². The lowest BCUT2D eigenvalue weighted by Gasteiger charge is -2.35. The number of nitrogen functional groups attached to an aromatic ring is 1. The highest BCUT2D eigenvalue weighted by atomic mass is 16.5. The number of ether oxygens (including phenoxy) is 2. The van der Waals surface area contributed by atoms with Gasteiger partial charge < -0.3 is 25.0 Å². The van der Waals surface area contributed by atoms with E-state index in [4.69, 9.17) is 15.2 Å². The van der Waals surface area contributed by atoms with Gasteiger partial charge in [0.05, 0.1) is 19.9 Å². The predicted octanol–water partition coefficient (Wildman–Crippen LogP) is 2.24. The van der Waals surface area contributed by atoms with Crippen molar-refractivity contribution in [3.8, 4) is 11.5 Å². The molecule has 1 fully saturated rings. The monoisotopic (exact) mass is 321 g/mol. The van der Waals surface area contributed by atoms with Gasteiger partial charge in [0.15, 0.2) is 11.5 Å². The second kappa shape index (κ2) is 8.41. The number of likely N-dealkylation sites (tertiary alicyclic amines) is 1. The van der Waals surface area contributed by atoms with Crippen molar-refractivity contribution in [1.82, 2.24) is 9.80 Å². The third-order valence-electron chi connectivity index (χ3n) is 4.86. The van der Waals surface area contributed by atoms with Crippen LogP contribution >= 0.6 is 0 Å². The van der Waals surface area contributed by atoms with Gasteiger partial charge in [-0.3, -0.25) is 0 Å². The van der Waals surface area contributed by atoms with Gasteiger partial charge in [0, 0.05) is 6.04 Å². The minimum Gasteiger partial charge on any atom is -0.493 e. The molecule has 0 aliphatic carbocycles. The third-order valence-corrected chi connectivity index (χ3v) is 4.86. The van der Waals surface area contributed by atoms with E-state index >= 15 is 0 Å².